The molecule has 0 spiro atoms. The number of nitrogens with zero attached hydrogens (tertiary/aromatic N) is 4. The number of fused-ring (bicyclic) bond motifs is 1. The number of piperidine rings is 2. The molecule has 7 rings (SSSR count). The van der Waals surface area contributed by atoms with Crippen LogP contribution >= 0.6 is 0 Å². The number of carbonyl (C=O) groups is 2. The van der Waals surface area contributed by atoms with Gasteiger partial charge < -0.3 is 29.9 Å². The lowest BCUT2D eigenvalue weighted by Gasteiger charge is -2.37. The third kappa shape index (κ3) is 7.69. The van der Waals surface area contributed by atoms with E-state index in [0.29, 0.717) is 80.3 Å². The molecule has 3 saturated heterocycles. The van der Waals surface area contributed by atoms with Crippen molar-refractivity contribution in [2.45, 2.75) is 50.4 Å². The van der Waals surface area contributed by atoms with E-state index >= 15 is 4.39 Å². The van der Waals surface area contributed by atoms with Crippen LogP contribution in [-0.4, -0.2) is 101 Å². The van der Waals surface area contributed by atoms with Crippen molar-refractivity contribution in [1.29, 1.82) is 0 Å². The number of amides is 2. The van der Waals surface area contributed by atoms with E-state index in [1.807, 2.05) is 41.3 Å². The predicted octanol–water partition coefficient (Wildman–Crippen LogP) is 3.89. The number of hydrogen-bond acceptors (Lipinski definition) is 8. The first-order valence-electron chi connectivity index (χ1n) is 18.2. The monoisotopic (exact) mass is 710 g/mol. The Morgan fingerprint density at radius 2 is 1.63 bits per heavy atom. The highest BCUT2D eigenvalue weighted by molar-refractivity contribution is 5.96. The van der Waals surface area contributed by atoms with Gasteiger partial charge in [0.1, 0.15) is 23.8 Å². The number of pyridine rings is 1. The van der Waals surface area contributed by atoms with Gasteiger partial charge in [-0.1, -0.05) is 30.3 Å². The summed E-state index contributed by atoms with van der Waals surface area (Å²) >= 11 is 0. The van der Waals surface area contributed by atoms with Crippen LogP contribution in [0.5, 0.6) is 5.75 Å². The molecule has 3 aliphatic heterocycles. The van der Waals surface area contributed by atoms with Crippen molar-refractivity contribution in [3.63, 3.8) is 0 Å². The van der Waals surface area contributed by atoms with E-state index in [-0.39, 0.29) is 29.2 Å². The van der Waals surface area contributed by atoms with Gasteiger partial charge in [-0.3, -0.25) is 24.2 Å². The highest BCUT2D eigenvalue weighted by Gasteiger charge is 2.29. The number of nitrogens with one attached hydrogen (secondary N) is 2. The predicted molar refractivity (Wildman–Crippen MR) is 199 cm³/mol. The Balaban J connectivity index is 0.892. The number of aliphatic hydroxyl groups excluding tert-OH is 1. The number of likely N-dealkylation sites (tertiary alicyclic amines) is 1. The number of aromatic nitrogens is 1. The van der Waals surface area contributed by atoms with Gasteiger partial charge in [-0.05, 0) is 91.5 Å². The zero-order valence-electron chi connectivity index (χ0n) is 29.8. The number of anilines is 1. The average molecular weight is 711 g/mol. The van der Waals surface area contributed by atoms with Crippen molar-refractivity contribution in [1.82, 2.24) is 24.6 Å². The number of halogens is 1. The van der Waals surface area contributed by atoms with Gasteiger partial charge in [0.25, 0.3) is 5.56 Å². The average Bonchev–Trinajstić information content (AvgIpc) is 3.16. The van der Waals surface area contributed by atoms with Crippen LogP contribution in [0.3, 0.4) is 0 Å². The summed E-state index contributed by atoms with van der Waals surface area (Å²) in [6.07, 6.45) is 4.05. The van der Waals surface area contributed by atoms with Crippen LogP contribution in [-0.2, 0) is 23.2 Å². The molecule has 2 atom stereocenters. The number of methoxy groups -OCH3 is 1. The fourth-order valence-corrected chi connectivity index (χ4v) is 7.83. The molecule has 11 nitrogen and oxygen atoms in total. The first-order chi connectivity index (χ1) is 25.2. The van der Waals surface area contributed by atoms with Crippen molar-refractivity contribution in [2.75, 3.05) is 58.2 Å². The van der Waals surface area contributed by atoms with Gasteiger partial charge in [-0.25, -0.2) is 4.39 Å². The van der Waals surface area contributed by atoms with Crippen LogP contribution in [0.25, 0.3) is 21.9 Å². The molecule has 4 heterocycles. The van der Waals surface area contributed by atoms with Crippen molar-refractivity contribution in [2.24, 2.45) is 7.05 Å². The summed E-state index contributed by atoms with van der Waals surface area (Å²) in [5.74, 6) is 0.461. The number of hydrogen-bond donors (Lipinski definition) is 3. The number of aryl methyl sites for hydroxylation is 1. The maximum Gasteiger partial charge on any atom is 0.258 e. The summed E-state index contributed by atoms with van der Waals surface area (Å²) < 4.78 is 23.0. The summed E-state index contributed by atoms with van der Waals surface area (Å²) in [5.41, 5.74) is 3.93. The van der Waals surface area contributed by atoms with Crippen molar-refractivity contribution in [3.05, 3.63) is 94.2 Å². The topological polar surface area (TPSA) is 119 Å². The fourth-order valence-electron chi connectivity index (χ4n) is 7.83. The Labute approximate surface area is 303 Å². The lowest BCUT2D eigenvalue weighted by molar-refractivity contribution is -0.134. The van der Waals surface area contributed by atoms with Gasteiger partial charge >= 0.3 is 0 Å². The molecule has 0 aliphatic carbocycles. The summed E-state index contributed by atoms with van der Waals surface area (Å²) in [4.78, 5) is 44.5. The molecule has 0 saturated carbocycles. The summed E-state index contributed by atoms with van der Waals surface area (Å²) in [5, 5.41) is 16.8. The Kier molecular flexibility index (Phi) is 10.6. The summed E-state index contributed by atoms with van der Waals surface area (Å²) in [6, 6.07) is 18.6. The highest BCUT2D eigenvalue weighted by Crippen LogP contribution is 2.34. The lowest BCUT2D eigenvalue weighted by atomic mass is 9.89. The van der Waals surface area contributed by atoms with Crippen LogP contribution in [0, 0.1) is 5.82 Å². The minimum Gasteiger partial charge on any atom is -0.496 e. The third-order valence-electron chi connectivity index (χ3n) is 10.9. The van der Waals surface area contributed by atoms with Gasteiger partial charge in [0.2, 0.25) is 11.8 Å². The molecule has 3 N–H and O–H groups in total. The molecule has 2 amide bonds. The van der Waals surface area contributed by atoms with E-state index in [1.165, 1.54) is 16.2 Å². The van der Waals surface area contributed by atoms with E-state index in [0.717, 1.165) is 42.6 Å². The zero-order chi connectivity index (χ0) is 36.4. The molecular weight excluding hydrogens is 663 g/mol. The molecule has 3 aliphatic rings. The zero-order valence-corrected chi connectivity index (χ0v) is 29.8. The quantitative estimate of drug-likeness (QED) is 0.240. The van der Waals surface area contributed by atoms with E-state index in [4.69, 9.17) is 4.74 Å². The van der Waals surface area contributed by atoms with E-state index in [1.54, 1.807) is 26.4 Å². The minimum absolute atomic E-state index is 0.102. The second kappa shape index (κ2) is 15.4. The van der Waals surface area contributed by atoms with Gasteiger partial charge in [0.15, 0.2) is 0 Å². The van der Waals surface area contributed by atoms with Crippen LogP contribution in [0.2, 0.25) is 0 Å². The first kappa shape index (κ1) is 35.6. The van der Waals surface area contributed by atoms with E-state index < -0.39 is 6.23 Å². The van der Waals surface area contributed by atoms with Crippen LogP contribution < -0.4 is 20.9 Å². The molecule has 3 aromatic carbocycles. The molecule has 274 valence electrons. The minimum atomic E-state index is -0.763. The van der Waals surface area contributed by atoms with Gasteiger partial charge in [0, 0.05) is 68.2 Å². The maximum absolute atomic E-state index is 15.8. The Bertz CT molecular complexity index is 1990. The molecule has 0 radical (unpaired) electrons. The van der Waals surface area contributed by atoms with Gasteiger partial charge in [-0.15, -0.1) is 0 Å². The molecule has 0 bridgehead atoms. The number of benzene rings is 3. The Morgan fingerprint density at radius 1 is 0.923 bits per heavy atom. The number of carbonyl (C=O) groups excluding carboxylic acids is 2. The molecule has 2 unspecified atom stereocenters. The largest absolute Gasteiger partial charge is 0.496 e. The van der Waals surface area contributed by atoms with Crippen molar-refractivity contribution >= 4 is 28.3 Å². The SMILES string of the molecule is COc1cc(-c2cn(C)c(=O)c3ccccc23)cc(F)c1CN1CCN(C(=O)CN2CCC(c3ccc(NC4CCC(O)NC4=O)cc3)CC2)CC1. The van der Waals surface area contributed by atoms with Crippen molar-refractivity contribution in [3.8, 4) is 16.9 Å². The number of rotatable bonds is 9. The Morgan fingerprint density at radius 3 is 2.33 bits per heavy atom. The second-order valence-corrected chi connectivity index (χ2v) is 14.3. The maximum atomic E-state index is 15.8. The van der Waals surface area contributed by atoms with Crippen LogP contribution in [0.4, 0.5) is 10.1 Å². The number of piperazine rings is 1. The third-order valence-corrected chi connectivity index (χ3v) is 10.9. The standard InChI is InChI=1S/C40H47FN6O5/c1-44-23-32(30-5-3-4-6-31(30)40(44)51)28-21-34(41)33(36(22-28)52-2)24-46-17-19-47(20-18-46)38(49)25-45-15-13-27(14-16-45)26-7-9-29(10-8-26)42-35-11-12-37(48)43-39(35)50/h3-10,21-23,27,35,37,42,48H,11-20,24-25H2,1-2H3,(H,43,50). The molecule has 3 fully saturated rings. The van der Waals surface area contributed by atoms with E-state index in [2.05, 4.69) is 32.6 Å². The summed E-state index contributed by atoms with van der Waals surface area (Å²) in [7, 11) is 3.24. The fraction of sp³-hybridized carbons (Fsp3) is 0.425. The lowest BCUT2D eigenvalue weighted by Crippen LogP contribution is -2.51. The summed E-state index contributed by atoms with van der Waals surface area (Å²) in [6.45, 7) is 4.93. The smallest absolute Gasteiger partial charge is 0.258 e. The van der Waals surface area contributed by atoms with Gasteiger partial charge in [-0.2, -0.15) is 0 Å². The van der Waals surface area contributed by atoms with E-state index in [9.17, 15) is 19.5 Å². The highest BCUT2D eigenvalue weighted by atomic mass is 19.1. The van der Waals surface area contributed by atoms with Crippen LogP contribution in [0.1, 0.15) is 42.7 Å². The second-order valence-electron chi connectivity index (χ2n) is 14.3. The van der Waals surface area contributed by atoms with Crippen LogP contribution in [0.15, 0.2) is 71.7 Å². The molecular formula is C40H47FN6O5. The molecule has 1 aromatic heterocycles. The number of aliphatic hydroxyl groups is 1. The van der Waals surface area contributed by atoms with Gasteiger partial charge in [0.05, 0.1) is 13.7 Å². The molecule has 4 aromatic rings. The normalized spacial score (nSPS) is 20.5. The first-order valence-corrected chi connectivity index (χ1v) is 18.2. The molecule has 52 heavy (non-hydrogen) atoms. The van der Waals surface area contributed by atoms with Crippen molar-refractivity contribution < 1.29 is 23.8 Å². The Hall–Kier alpha value is -4.78. The number of ether oxygens (including phenoxy) is 1. The molecule has 12 heteroatoms.